The molecule has 1 saturated heterocycles. The van der Waals surface area contributed by atoms with Crippen molar-refractivity contribution < 1.29 is 14.3 Å². The van der Waals surface area contributed by atoms with Crippen molar-refractivity contribution in [1.82, 2.24) is 29.5 Å². The van der Waals surface area contributed by atoms with Gasteiger partial charge in [0.25, 0.3) is 5.91 Å². The lowest BCUT2D eigenvalue weighted by Crippen LogP contribution is -2.35. The summed E-state index contributed by atoms with van der Waals surface area (Å²) in [7, 11) is 0. The van der Waals surface area contributed by atoms with Gasteiger partial charge in [-0.2, -0.15) is 0 Å². The van der Waals surface area contributed by atoms with Crippen molar-refractivity contribution in [2.75, 3.05) is 19.6 Å². The SMILES string of the molecule is Cc1ncoc1C(=O)N1CCc2nnc([C@@H]3C[C@@H](O)CN3C(C)C)n2CC1. The van der Waals surface area contributed by atoms with Crippen LogP contribution < -0.4 is 0 Å². The lowest BCUT2D eigenvalue weighted by Gasteiger charge is -2.27. The fourth-order valence-corrected chi connectivity index (χ4v) is 4.11. The quantitative estimate of drug-likeness (QED) is 0.848. The van der Waals surface area contributed by atoms with Gasteiger partial charge in [-0.25, -0.2) is 4.98 Å². The number of aryl methyl sites for hydroxylation is 1. The molecule has 0 aliphatic carbocycles. The van der Waals surface area contributed by atoms with Crippen LogP contribution in [0.3, 0.4) is 0 Å². The molecule has 4 heterocycles. The number of aromatic nitrogens is 4. The number of aliphatic hydroxyl groups is 1. The van der Waals surface area contributed by atoms with Crippen LogP contribution in [0.1, 0.15) is 54.2 Å². The van der Waals surface area contributed by atoms with Crippen LogP contribution in [0.15, 0.2) is 10.8 Å². The van der Waals surface area contributed by atoms with Crippen LogP contribution in [0.5, 0.6) is 0 Å². The third-order valence-electron chi connectivity index (χ3n) is 5.56. The van der Waals surface area contributed by atoms with E-state index < -0.39 is 0 Å². The van der Waals surface area contributed by atoms with Crippen LogP contribution in [-0.4, -0.2) is 72.3 Å². The van der Waals surface area contributed by atoms with Crippen molar-refractivity contribution in [3.63, 3.8) is 0 Å². The number of hydrogen-bond acceptors (Lipinski definition) is 7. The number of likely N-dealkylation sites (tertiary alicyclic amines) is 1. The van der Waals surface area contributed by atoms with E-state index in [0.717, 1.165) is 11.6 Å². The zero-order chi connectivity index (χ0) is 19.1. The minimum absolute atomic E-state index is 0.0556. The van der Waals surface area contributed by atoms with Crippen molar-refractivity contribution in [2.45, 2.75) is 58.3 Å². The van der Waals surface area contributed by atoms with E-state index in [-0.39, 0.29) is 18.1 Å². The van der Waals surface area contributed by atoms with Gasteiger partial charge < -0.3 is 19.0 Å². The highest BCUT2D eigenvalue weighted by Crippen LogP contribution is 2.33. The first-order valence-corrected chi connectivity index (χ1v) is 9.50. The van der Waals surface area contributed by atoms with Crippen molar-refractivity contribution in [3.8, 4) is 0 Å². The second kappa shape index (κ2) is 7.05. The van der Waals surface area contributed by atoms with Gasteiger partial charge in [-0.05, 0) is 27.2 Å². The molecule has 0 saturated carbocycles. The van der Waals surface area contributed by atoms with Gasteiger partial charge in [0.15, 0.2) is 12.2 Å². The first-order valence-electron chi connectivity index (χ1n) is 9.50. The average Bonchev–Trinajstić information content (AvgIpc) is 3.29. The summed E-state index contributed by atoms with van der Waals surface area (Å²) in [5.74, 6) is 1.95. The predicted molar refractivity (Wildman–Crippen MR) is 96.1 cm³/mol. The maximum absolute atomic E-state index is 12.7. The second-order valence-corrected chi connectivity index (χ2v) is 7.63. The maximum atomic E-state index is 12.7. The van der Waals surface area contributed by atoms with E-state index in [1.807, 2.05) is 0 Å². The van der Waals surface area contributed by atoms with Gasteiger partial charge in [0.05, 0.1) is 17.8 Å². The summed E-state index contributed by atoms with van der Waals surface area (Å²) in [5, 5.41) is 19.0. The van der Waals surface area contributed by atoms with E-state index in [4.69, 9.17) is 4.42 Å². The minimum Gasteiger partial charge on any atom is -0.438 e. The van der Waals surface area contributed by atoms with E-state index in [2.05, 4.69) is 38.5 Å². The number of carbonyl (C=O) groups is 1. The Bertz CT molecular complexity index is 829. The van der Waals surface area contributed by atoms with E-state index in [1.165, 1.54) is 6.39 Å². The number of nitrogens with zero attached hydrogens (tertiary/aromatic N) is 6. The summed E-state index contributed by atoms with van der Waals surface area (Å²) in [6.45, 7) is 8.45. The van der Waals surface area contributed by atoms with E-state index in [1.54, 1.807) is 11.8 Å². The van der Waals surface area contributed by atoms with Crippen molar-refractivity contribution in [1.29, 1.82) is 0 Å². The Hall–Kier alpha value is -2.26. The molecule has 0 radical (unpaired) electrons. The van der Waals surface area contributed by atoms with Crippen LogP contribution in [0.2, 0.25) is 0 Å². The molecule has 146 valence electrons. The van der Waals surface area contributed by atoms with E-state index in [9.17, 15) is 9.90 Å². The normalized spacial score (nSPS) is 23.7. The lowest BCUT2D eigenvalue weighted by atomic mass is 10.1. The van der Waals surface area contributed by atoms with Crippen LogP contribution in [0.4, 0.5) is 0 Å². The number of aliphatic hydroxyl groups excluding tert-OH is 1. The summed E-state index contributed by atoms with van der Waals surface area (Å²) in [6, 6.07) is 0.374. The molecule has 1 amide bonds. The summed E-state index contributed by atoms with van der Waals surface area (Å²) in [4.78, 5) is 20.8. The smallest absolute Gasteiger partial charge is 0.291 e. The molecular weight excluding hydrogens is 348 g/mol. The molecule has 0 aromatic carbocycles. The zero-order valence-electron chi connectivity index (χ0n) is 16.0. The Kier molecular flexibility index (Phi) is 4.73. The molecule has 2 aliphatic rings. The lowest BCUT2D eigenvalue weighted by molar-refractivity contribution is 0.0725. The number of oxazole rings is 1. The largest absolute Gasteiger partial charge is 0.438 e. The van der Waals surface area contributed by atoms with Crippen molar-refractivity contribution in [2.24, 2.45) is 0 Å². The summed E-state index contributed by atoms with van der Waals surface area (Å²) < 4.78 is 7.39. The van der Waals surface area contributed by atoms with Gasteiger partial charge in [0, 0.05) is 38.6 Å². The van der Waals surface area contributed by atoms with Gasteiger partial charge >= 0.3 is 0 Å². The first kappa shape index (κ1) is 18.1. The minimum atomic E-state index is -0.344. The van der Waals surface area contributed by atoms with Gasteiger partial charge in [-0.15, -0.1) is 10.2 Å². The summed E-state index contributed by atoms with van der Waals surface area (Å²) in [6.07, 6.45) is 2.27. The third-order valence-corrected chi connectivity index (χ3v) is 5.56. The maximum Gasteiger partial charge on any atom is 0.291 e. The second-order valence-electron chi connectivity index (χ2n) is 7.63. The van der Waals surface area contributed by atoms with Crippen molar-refractivity contribution in [3.05, 3.63) is 29.5 Å². The van der Waals surface area contributed by atoms with E-state index >= 15 is 0 Å². The average molecular weight is 374 g/mol. The van der Waals surface area contributed by atoms with Crippen LogP contribution in [0, 0.1) is 6.92 Å². The van der Waals surface area contributed by atoms with Gasteiger partial charge in [0.1, 0.15) is 5.82 Å². The Morgan fingerprint density at radius 2 is 2.11 bits per heavy atom. The van der Waals surface area contributed by atoms with Gasteiger partial charge in [-0.3, -0.25) is 9.69 Å². The predicted octanol–water partition coefficient (Wildman–Crippen LogP) is 0.789. The molecule has 2 atom stereocenters. The van der Waals surface area contributed by atoms with Crippen LogP contribution in [0.25, 0.3) is 0 Å². The third kappa shape index (κ3) is 3.25. The Balaban J connectivity index is 1.54. The molecule has 2 aromatic heterocycles. The molecule has 9 nitrogen and oxygen atoms in total. The standard InChI is InChI=1S/C18H26N6O3/c1-11(2)24-9-13(25)8-14(24)17-21-20-15-4-5-22(6-7-23(15)17)18(26)16-12(3)19-10-27-16/h10-11,13-14,25H,4-9H2,1-3H3/t13-,14+/m1/s1. The number of carbonyl (C=O) groups excluding carboxylic acids is 1. The molecule has 1 fully saturated rings. The fraction of sp³-hybridized carbons (Fsp3) is 0.667. The molecule has 0 bridgehead atoms. The number of fused-ring (bicyclic) bond motifs is 1. The number of amides is 1. The number of hydrogen-bond donors (Lipinski definition) is 1. The number of rotatable bonds is 3. The first-order chi connectivity index (χ1) is 13.0. The molecule has 2 aromatic rings. The summed E-state index contributed by atoms with van der Waals surface area (Å²) in [5.41, 5.74) is 0.608. The van der Waals surface area contributed by atoms with E-state index in [0.29, 0.717) is 56.5 Å². The zero-order valence-corrected chi connectivity index (χ0v) is 16.0. The highest BCUT2D eigenvalue weighted by Gasteiger charge is 2.37. The van der Waals surface area contributed by atoms with Crippen LogP contribution >= 0.6 is 0 Å². The highest BCUT2D eigenvalue weighted by molar-refractivity contribution is 5.92. The van der Waals surface area contributed by atoms with Gasteiger partial charge in [-0.1, -0.05) is 0 Å². The van der Waals surface area contributed by atoms with Gasteiger partial charge in [0.2, 0.25) is 5.76 Å². The molecular formula is C18H26N6O3. The Morgan fingerprint density at radius 3 is 2.81 bits per heavy atom. The Morgan fingerprint density at radius 1 is 1.30 bits per heavy atom. The molecule has 2 aliphatic heterocycles. The molecule has 4 rings (SSSR count). The fourth-order valence-electron chi connectivity index (χ4n) is 4.11. The Labute approximate surface area is 158 Å². The topological polar surface area (TPSA) is 101 Å². The highest BCUT2D eigenvalue weighted by atomic mass is 16.3. The monoisotopic (exact) mass is 374 g/mol. The van der Waals surface area contributed by atoms with Crippen LogP contribution in [-0.2, 0) is 13.0 Å². The molecule has 1 N–H and O–H groups in total. The number of β-amino-alcohol motifs (C(OH)–C–C–N with tert-alkyl or cyclic N) is 1. The molecule has 27 heavy (non-hydrogen) atoms. The summed E-state index contributed by atoms with van der Waals surface area (Å²) >= 11 is 0. The van der Waals surface area contributed by atoms with Crippen molar-refractivity contribution >= 4 is 5.91 Å². The molecule has 0 spiro atoms. The molecule has 9 heteroatoms. The molecule has 0 unspecified atom stereocenters.